The standard InChI is InChI=1S/C19H20N2O/c1-20(2)13-17(22)18-15-11-7-8-12-16(15)21(3)19(18)14-9-5-4-6-10-14/h4-12H,13H2,1-3H3/p+1. The van der Waals surface area contributed by atoms with Crippen molar-refractivity contribution >= 4 is 16.7 Å². The summed E-state index contributed by atoms with van der Waals surface area (Å²) >= 11 is 0. The molecule has 0 aliphatic carbocycles. The lowest BCUT2D eigenvalue weighted by atomic mass is 10.0. The Kier molecular flexibility index (Phi) is 3.82. The number of para-hydroxylation sites is 1. The lowest BCUT2D eigenvalue weighted by Crippen LogP contribution is -3.06. The Morgan fingerprint density at radius 3 is 2.32 bits per heavy atom. The van der Waals surface area contributed by atoms with Crippen molar-refractivity contribution in [1.29, 1.82) is 0 Å². The summed E-state index contributed by atoms with van der Waals surface area (Å²) in [7, 11) is 6.04. The van der Waals surface area contributed by atoms with Crippen molar-refractivity contribution in [3.8, 4) is 11.3 Å². The molecule has 22 heavy (non-hydrogen) atoms. The van der Waals surface area contributed by atoms with E-state index in [9.17, 15) is 4.79 Å². The number of ketones is 1. The molecule has 3 aromatic rings. The molecule has 0 atom stereocenters. The molecular weight excluding hydrogens is 272 g/mol. The van der Waals surface area contributed by atoms with E-state index >= 15 is 0 Å². The quantitative estimate of drug-likeness (QED) is 0.733. The molecule has 0 amide bonds. The summed E-state index contributed by atoms with van der Waals surface area (Å²) in [5, 5.41) is 1.04. The number of carbonyl (C=O) groups is 1. The molecule has 1 aromatic heterocycles. The topological polar surface area (TPSA) is 26.4 Å². The van der Waals surface area contributed by atoms with E-state index in [0.717, 1.165) is 32.6 Å². The van der Waals surface area contributed by atoms with Crippen LogP contribution in [0.1, 0.15) is 10.4 Å². The van der Waals surface area contributed by atoms with Gasteiger partial charge in [0.15, 0.2) is 0 Å². The van der Waals surface area contributed by atoms with Crippen molar-refractivity contribution in [3.05, 3.63) is 60.2 Å². The van der Waals surface area contributed by atoms with Crippen LogP contribution in [0, 0.1) is 0 Å². The van der Waals surface area contributed by atoms with E-state index in [4.69, 9.17) is 0 Å². The molecule has 0 saturated heterocycles. The molecule has 0 bridgehead atoms. The molecule has 0 aliphatic rings. The third-order valence-corrected chi connectivity index (χ3v) is 3.95. The number of quaternary nitrogens is 1. The predicted molar refractivity (Wildman–Crippen MR) is 90.4 cm³/mol. The number of likely N-dealkylation sites (N-methyl/N-ethyl adjacent to an activating group) is 1. The monoisotopic (exact) mass is 293 g/mol. The van der Waals surface area contributed by atoms with Crippen molar-refractivity contribution in [1.82, 2.24) is 4.57 Å². The second-order valence-electron chi connectivity index (χ2n) is 5.97. The maximum Gasteiger partial charge on any atom is 0.219 e. The molecule has 1 heterocycles. The fourth-order valence-corrected chi connectivity index (χ4v) is 3.02. The van der Waals surface area contributed by atoms with Crippen LogP contribution in [-0.2, 0) is 7.05 Å². The number of Topliss-reactive ketones (excluding diaryl/α,β-unsaturated/α-hetero) is 1. The van der Waals surface area contributed by atoms with Gasteiger partial charge in [0.25, 0.3) is 0 Å². The highest BCUT2D eigenvalue weighted by Gasteiger charge is 2.23. The number of benzene rings is 2. The number of aryl methyl sites for hydroxylation is 1. The van der Waals surface area contributed by atoms with E-state index in [1.165, 1.54) is 0 Å². The molecule has 1 N–H and O–H groups in total. The molecule has 3 nitrogen and oxygen atoms in total. The zero-order valence-electron chi connectivity index (χ0n) is 13.3. The van der Waals surface area contributed by atoms with E-state index in [-0.39, 0.29) is 5.78 Å². The SMILES string of the molecule is Cn1c(-c2ccccc2)c(C(=O)C[NH+](C)C)c2ccccc21. The number of carbonyl (C=O) groups excluding carboxylic acids is 1. The minimum atomic E-state index is 0.190. The number of nitrogens with zero attached hydrogens (tertiary/aromatic N) is 1. The van der Waals surface area contributed by atoms with E-state index in [0.29, 0.717) is 6.54 Å². The lowest BCUT2D eigenvalue weighted by Gasteiger charge is -2.09. The summed E-state index contributed by atoms with van der Waals surface area (Å²) in [6.07, 6.45) is 0. The maximum absolute atomic E-state index is 12.8. The number of aromatic nitrogens is 1. The van der Waals surface area contributed by atoms with Gasteiger partial charge in [-0.1, -0.05) is 48.5 Å². The van der Waals surface area contributed by atoms with Crippen LogP contribution in [0.25, 0.3) is 22.2 Å². The lowest BCUT2D eigenvalue weighted by molar-refractivity contribution is -0.848. The zero-order valence-corrected chi connectivity index (χ0v) is 13.3. The highest BCUT2D eigenvalue weighted by Crippen LogP contribution is 2.33. The normalized spacial score (nSPS) is 11.3. The number of hydrogen-bond acceptors (Lipinski definition) is 1. The fourth-order valence-electron chi connectivity index (χ4n) is 3.02. The van der Waals surface area contributed by atoms with Crippen LogP contribution >= 0.6 is 0 Å². The highest BCUT2D eigenvalue weighted by atomic mass is 16.1. The Hall–Kier alpha value is -2.39. The second kappa shape index (κ2) is 5.78. The van der Waals surface area contributed by atoms with E-state index in [1.807, 2.05) is 57.5 Å². The highest BCUT2D eigenvalue weighted by molar-refractivity contribution is 6.14. The van der Waals surface area contributed by atoms with Gasteiger partial charge >= 0.3 is 0 Å². The molecule has 3 rings (SSSR count). The number of rotatable bonds is 4. The molecule has 2 aromatic carbocycles. The fraction of sp³-hybridized carbons (Fsp3) is 0.211. The van der Waals surface area contributed by atoms with Crippen LogP contribution in [-0.4, -0.2) is 31.0 Å². The summed E-state index contributed by atoms with van der Waals surface area (Å²) in [6, 6.07) is 18.3. The first-order valence-electron chi connectivity index (χ1n) is 7.54. The van der Waals surface area contributed by atoms with Crippen LogP contribution in [0.5, 0.6) is 0 Å². The molecule has 0 radical (unpaired) electrons. The maximum atomic E-state index is 12.8. The molecule has 0 aliphatic heterocycles. The average molecular weight is 293 g/mol. The van der Waals surface area contributed by atoms with Crippen LogP contribution in [0.3, 0.4) is 0 Å². The predicted octanol–water partition coefficient (Wildman–Crippen LogP) is 2.17. The van der Waals surface area contributed by atoms with Crippen LogP contribution in [0.4, 0.5) is 0 Å². The number of nitrogens with one attached hydrogen (secondary N) is 1. The van der Waals surface area contributed by atoms with Crippen LogP contribution in [0.15, 0.2) is 54.6 Å². The summed E-state index contributed by atoms with van der Waals surface area (Å²) in [6.45, 7) is 0.494. The Balaban J connectivity index is 2.30. The summed E-state index contributed by atoms with van der Waals surface area (Å²) in [5.41, 5.74) is 4.02. The van der Waals surface area contributed by atoms with Gasteiger partial charge in [0.1, 0.15) is 6.54 Å². The molecule has 0 saturated carbocycles. The van der Waals surface area contributed by atoms with Crippen molar-refractivity contribution in [2.24, 2.45) is 7.05 Å². The van der Waals surface area contributed by atoms with Crippen LogP contribution < -0.4 is 4.90 Å². The minimum absolute atomic E-state index is 0.190. The Morgan fingerprint density at radius 2 is 1.64 bits per heavy atom. The number of hydrogen-bond donors (Lipinski definition) is 1. The van der Waals surface area contributed by atoms with Crippen LogP contribution in [0.2, 0.25) is 0 Å². The number of fused-ring (bicyclic) bond motifs is 1. The minimum Gasteiger partial charge on any atom is -0.343 e. The summed E-state index contributed by atoms with van der Waals surface area (Å²) < 4.78 is 2.13. The first-order chi connectivity index (χ1) is 10.6. The van der Waals surface area contributed by atoms with Gasteiger partial charge in [0.2, 0.25) is 5.78 Å². The average Bonchev–Trinajstić information content (AvgIpc) is 2.81. The van der Waals surface area contributed by atoms with Crippen molar-refractivity contribution in [3.63, 3.8) is 0 Å². The van der Waals surface area contributed by atoms with Gasteiger partial charge in [-0.05, 0) is 11.6 Å². The van der Waals surface area contributed by atoms with E-state index in [2.05, 4.69) is 22.8 Å². The molecule has 0 spiro atoms. The summed E-state index contributed by atoms with van der Waals surface area (Å²) in [5.74, 6) is 0.190. The molecular formula is C19H21N2O+. The smallest absolute Gasteiger partial charge is 0.219 e. The Morgan fingerprint density at radius 1 is 1.00 bits per heavy atom. The van der Waals surface area contributed by atoms with Gasteiger partial charge in [-0.15, -0.1) is 0 Å². The third kappa shape index (κ3) is 2.44. The largest absolute Gasteiger partial charge is 0.343 e. The van der Waals surface area contributed by atoms with Gasteiger partial charge in [-0.2, -0.15) is 0 Å². The summed E-state index contributed by atoms with van der Waals surface area (Å²) in [4.78, 5) is 14.0. The van der Waals surface area contributed by atoms with Crippen molar-refractivity contribution in [2.45, 2.75) is 0 Å². The van der Waals surface area contributed by atoms with Gasteiger partial charge < -0.3 is 9.47 Å². The van der Waals surface area contributed by atoms with Gasteiger partial charge in [0.05, 0.1) is 25.4 Å². The molecule has 0 fully saturated rings. The third-order valence-electron chi connectivity index (χ3n) is 3.95. The van der Waals surface area contributed by atoms with E-state index < -0.39 is 0 Å². The van der Waals surface area contributed by atoms with Gasteiger partial charge in [-0.25, -0.2) is 0 Å². The zero-order chi connectivity index (χ0) is 15.7. The van der Waals surface area contributed by atoms with E-state index in [1.54, 1.807) is 0 Å². The van der Waals surface area contributed by atoms with Crippen molar-refractivity contribution in [2.75, 3.05) is 20.6 Å². The molecule has 0 unspecified atom stereocenters. The van der Waals surface area contributed by atoms with Crippen molar-refractivity contribution < 1.29 is 9.69 Å². The Bertz CT molecular complexity index is 816. The molecule has 112 valence electrons. The first-order valence-corrected chi connectivity index (χ1v) is 7.54. The van der Waals surface area contributed by atoms with Gasteiger partial charge in [0, 0.05) is 18.0 Å². The second-order valence-corrected chi connectivity index (χ2v) is 5.97. The first kappa shape index (κ1) is 14.5. The molecule has 3 heteroatoms. The Labute approximate surface area is 130 Å². The van der Waals surface area contributed by atoms with Gasteiger partial charge in [-0.3, -0.25) is 4.79 Å².